The fourth-order valence-electron chi connectivity index (χ4n) is 6.38. The largest absolute Gasteiger partial charge is 0.494 e. The maximum atomic E-state index is 6.49. The number of aromatic nitrogens is 1. The standard InChI is InChI=1S/C40H55N3O4/c1-8-10-24-46-35-16-14-33(15-17-35)43(34-19-22-42(23-20-34)39(30-12-13-30)47-40(3,4)5)28-29-18-21-41-36(25-29)32-26-31(11-9-2)38(45-7)37(27-32)44-6/h14-18,21,25-27,34H,8-13,19-20,22-24,28H2,1-7H3. The Morgan fingerprint density at radius 1 is 0.936 bits per heavy atom. The number of hydrogen-bond donors (Lipinski definition) is 0. The number of benzene rings is 2. The van der Waals surface area contributed by atoms with Crippen LogP contribution in [0.15, 0.2) is 66.2 Å². The molecule has 0 spiro atoms. The fourth-order valence-corrected chi connectivity index (χ4v) is 6.38. The molecule has 0 bridgehead atoms. The number of nitrogens with zero attached hydrogens (tertiary/aromatic N) is 3. The number of unbranched alkanes of at least 4 members (excludes halogenated alkanes) is 1. The number of aryl methyl sites for hydroxylation is 1. The lowest BCUT2D eigenvalue weighted by Gasteiger charge is -2.42. The molecule has 3 aromatic rings. The molecule has 0 unspecified atom stereocenters. The second kappa shape index (κ2) is 15.8. The number of hydrogen-bond acceptors (Lipinski definition) is 7. The molecule has 1 saturated heterocycles. The molecule has 1 aromatic heterocycles. The van der Waals surface area contributed by atoms with Crippen molar-refractivity contribution < 1.29 is 18.9 Å². The Bertz CT molecular complexity index is 1480. The van der Waals surface area contributed by atoms with Gasteiger partial charge in [0, 0.05) is 43.1 Å². The highest BCUT2D eigenvalue weighted by Crippen LogP contribution is 2.39. The number of allylic oxidation sites excluding steroid dienone is 1. The summed E-state index contributed by atoms with van der Waals surface area (Å²) in [7, 11) is 3.41. The first-order valence-corrected chi connectivity index (χ1v) is 17.6. The first-order chi connectivity index (χ1) is 22.7. The van der Waals surface area contributed by atoms with E-state index in [1.807, 2.05) is 12.3 Å². The Morgan fingerprint density at radius 3 is 2.30 bits per heavy atom. The molecule has 47 heavy (non-hydrogen) atoms. The summed E-state index contributed by atoms with van der Waals surface area (Å²) < 4.78 is 24.0. The van der Waals surface area contributed by atoms with Gasteiger partial charge in [-0.15, -0.1) is 0 Å². The zero-order valence-corrected chi connectivity index (χ0v) is 29.7. The van der Waals surface area contributed by atoms with Crippen LogP contribution in [0.1, 0.15) is 90.7 Å². The molecule has 2 aromatic carbocycles. The molecule has 0 N–H and O–H groups in total. The fraction of sp³-hybridized carbons (Fsp3) is 0.525. The van der Waals surface area contributed by atoms with Crippen molar-refractivity contribution in [2.24, 2.45) is 0 Å². The van der Waals surface area contributed by atoms with Crippen molar-refractivity contribution in [1.82, 2.24) is 9.88 Å². The molecule has 2 fully saturated rings. The molecule has 2 aliphatic rings. The highest BCUT2D eigenvalue weighted by atomic mass is 16.5. The van der Waals surface area contributed by atoms with Gasteiger partial charge in [-0.25, -0.2) is 0 Å². The molecule has 7 heteroatoms. The highest BCUT2D eigenvalue weighted by molar-refractivity contribution is 5.67. The van der Waals surface area contributed by atoms with Gasteiger partial charge in [0.2, 0.25) is 0 Å². The molecule has 1 aliphatic heterocycles. The molecule has 7 nitrogen and oxygen atoms in total. The van der Waals surface area contributed by atoms with E-state index in [-0.39, 0.29) is 5.60 Å². The number of pyridine rings is 1. The van der Waals surface area contributed by atoms with E-state index in [9.17, 15) is 0 Å². The lowest BCUT2D eigenvalue weighted by molar-refractivity contribution is -0.00541. The van der Waals surface area contributed by atoms with E-state index in [0.29, 0.717) is 6.04 Å². The zero-order valence-electron chi connectivity index (χ0n) is 29.7. The summed E-state index contributed by atoms with van der Waals surface area (Å²) in [5, 5.41) is 0. The van der Waals surface area contributed by atoms with E-state index in [2.05, 4.69) is 86.9 Å². The van der Waals surface area contributed by atoms with Gasteiger partial charge in [0.25, 0.3) is 0 Å². The third kappa shape index (κ3) is 9.15. The molecule has 5 rings (SSSR count). The molecule has 2 heterocycles. The number of ether oxygens (including phenoxy) is 4. The summed E-state index contributed by atoms with van der Waals surface area (Å²) in [6.45, 7) is 14.3. The summed E-state index contributed by atoms with van der Waals surface area (Å²) in [5.74, 6) is 3.61. The molecule has 0 radical (unpaired) electrons. The molecular weight excluding hydrogens is 586 g/mol. The molecule has 0 atom stereocenters. The van der Waals surface area contributed by atoms with Crippen molar-refractivity contribution in [2.75, 3.05) is 38.8 Å². The van der Waals surface area contributed by atoms with Gasteiger partial charge >= 0.3 is 0 Å². The van der Waals surface area contributed by atoms with Crippen LogP contribution in [-0.2, 0) is 17.7 Å². The normalized spacial score (nSPS) is 15.0. The average molecular weight is 642 g/mol. The summed E-state index contributed by atoms with van der Waals surface area (Å²) >= 11 is 0. The Hall–Kier alpha value is -3.87. The van der Waals surface area contributed by atoms with E-state index in [1.54, 1.807) is 14.2 Å². The van der Waals surface area contributed by atoms with Gasteiger partial charge in [0.05, 0.1) is 26.5 Å². The van der Waals surface area contributed by atoms with Crippen molar-refractivity contribution in [3.63, 3.8) is 0 Å². The second-order valence-corrected chi connectivity index (χ2v) is 13.8. The third-order valence-electron chi connectivity index (χ3n) is 8.88. The van der Waals surface area contributed by atoms with Crippen LogP contribution < -0.4 is 19.1 Å². The minimum atomic E-state index is -0.195. The quantitative estimate of drug-likeness (QED) is 0.121. The predicted molar refractivity (Wildman–Crippen MR) is 191 cm³/mol. The van der Waals surface area contributed by atoms with Crippen LogP contribution in [0.4, 0.5) is 5.69 Å². The number of likely N-dealkylation sites (tertiary alicyclic amines) is 1. The molecular formula is C40H55N3O4. The highest BCUT2D eigenvalue weighted by Gasteiger charge is 2.32. The van der Waals surface area contributed by atoms with Crippen LogP contribution >= 0.6 is 0 Å². The van der Waals surface area contributed by atoms with Crippen LogP contribution in [0, 0.1) is 0 Å². The summed E-state index contributed by atoms with van der Waals surface area (Å²) in [5.41, 5.74) is 6.84. The summed E-state index contributed by atoms with van der Waals surface area (Å²) in [6, 6.07) is 17.7. The van der Waals surface area contributed by atoms with Crippen LogP contribution in [0.2, 0.25) is 0 Å². The summed E-state index contributed by atoms with van der Waals surface area (Å²) in [4.78, 5) is 9.88. The lowest BCUT2D eigenvalue weighted by atomic mass is 9.99. The Morgan fingerprint density at radius 2 is 1.68 bits per heavy atom. The number of anilines is 1. The Labute approximate surface area is 282 Å². The van der Waals surface area contributed by atoms with E-state index < -0.39 is 0 Å². The first kappa shape index (κ1) is 34.5. The molecule has 1 saturated carbocycles. The van der Waals surface area contributed by atoms with Gasteiger partial charge in [-0.2, -0.15) is 0 Å². The smallest absolute Gasteiger partial charge is 0.188 e. The van der Waals surface area contributed by atoms with Gasteiger partial charge in [-0.3, -0.25) is 4.98 Å². The number of piperidine rings is 1. The predicted octanol–water partition coefficient (Wildman–Crippen LogP) is 9.19. The zero-order chi connectivity index (χ0) is 33.4. The minimum absolute atomic E-state index is 0.195. The van der Waals surface area contributed by atoms with Gasteiger partial charge in [0.1, 0.15) is 11.4 Å². The molecule has 1 aliphatic carbocycles. The second-order valence-electron chi connectivity index (χ2n) is 13.8. The van der Waals surface area contributed by atoms with Crippen LogP contribution in [0.3, 0.4) is 0 Å². The molecule has 254 valence electrons. The van der Waals surface area contributed by atoms with Crippen LogP contribution in [0.5, 0.6) is 17.2 Å². The Kier molecular flexibility index (Phi) is 11.6. The monoisotopic (exact) mass is 641 g/mol. The minimum Gasteiger partial charge on any atom is -0.494 e. The first-order valence-electron chi connectivity index (χ1n) is 17.6. The van der Waals surface area contributed by atoms with Crippen molar-refractivity contribution in [3.05, 3.63) is 77.3 Å². The van der Waals surface area contributed by atoms with Gasteiger partial charge in [-0.1, -0.05) is 26.7 Å². The van der Waals surface area contributed by atoms with Gasteiger partial charge < -0.3 is 28.7 Å². The van der Waals surface area contributed by atoms with E-state index in [1.165, 1.54) is 16.8 Å². The van der Waals surface area contributed by atoms with Crippen molar-refractivity contribution in [3.8, 4) is 28.5 Å². The lowest BCUT2D eigenvalue weighted by Crippen LogP contribution is -2.45. The van der Waals surface area contributed by atoms with E-state index >= 15 is 0 Å². The maximum absolute atomic E-state index is 6.49. The number of rotatable bonds is 15. The Balaban J connectivity index is 1.40. The van der Waals surface area contributed by atoms with Crippen LogP contribution in [-0.4, -0.2) is 55.4 Å². The van der Waals surface area contributed by atoms with Crippen molar-refractivity contribution >= 4 is 5.69 Å². The van der Waals surface area contributed by atoms with Crippen molar-refractivity contribution in [2.45, 2.75) is 104 Å². The van der Waals surface area contributed by atoms with E-state index in [4.69, 9.17) is 23.9 Å². The van der Waals surface area contributed by atoms with E-state index in [0.717, 1.165) is 118 Å². The van der Waals surface area contributed by atoms with Gasteiger partial charge in [0.15, 0.2) is 17.4 Å². The maximum Gasteiger partial charge on any atom is 0.188 e. The third-order valence-corrected chi connectivity index (χ3v) is 8.88. The topological polar surface area (TPSA) is 56.3 Å². The number of methoxy groups -OCH3 is 2. The SMILES string of the molecule is CCCCOc1ccc(N(Cc2ccnc(-c3cc(CCC)c(OC)c(OC)c3)c2)C2CCN(C(OC(C)(C)C)=C3CC3)CC2)cc1. The molecule has 0 amide bonds. The average Bonchev–Trinajstić information content (AvgIpc) is 3.92. The summed E-state index contributed by atoms with van der Waals surface area (Å²) in [6.07, 6.45) is 10.5. The van der Waals surface area contributed by atoms with Crippen LogP contribution in [0.25, 0.3) is 11.3 Å². The van der Waals surface area contributed by atoms with Crippen molar-refractivity contribution in [1.29, 1.82) is 0 Å². The van der Waals surface area contributed by atoms with Gasteiger partial charge in [-0.05, 0) is 125 Å².